The summed E-state index contributed by atoms with van der Waals surface area (Å²) < 4.78 is 21.9. The lowest BCUT2D eigenvalue weighted by Gasteiger charge is -2.46. The fraction of sp³-hybridized carbons (Fsp3) is 0.342. The summed E-state index contributed by atoms with van der Waals surface area (Å²) in [6, 6.07) is 23.2. The number of halogens is 2. The Morgan fingerprint density at radius 1 is 0.864 bits per heavy atom. The van der Waals surface area contributed by atoms with Crippen LogP contribution in [0.2, 0.25) is 10.0 Å². The summed E-state index contributed by atoms with van der Waals surface area (Å²) in [5.41, 5.74) is 5.28. The molecule has 0 aromatic heterocycles. The molecule has 0 N–H and O–H groups in total. The van der Waals surface area contributed by atoms with Crippen LogP contribution < -0.4 is 15.9 Å². The van der Waals surface area contributed by atoms with Crippen LogP contribution in [0.15, 0.2) is 108 Å². The number of hydrogen-bond acceptors (Lipinski definition) is 3. The highest BCUT2D eigenvalue weighted by atomic mass is 35.5. The van der Waals surface area contributed by atoms with Gasteiger partial charge >= 0.3 is 0 Å². The van der Waals surface area contributed by atoms with E-state index >= 15 is 4.57 Å². The van der Waals surface area contributed by atoms with E-state index in [1.54, 1.807) is 29.8 Å². The van der Waals surface area contributed by atoms with E-state index in [2.05, 4.69) is 30.8 Å². The zero-order chi connectivity index (χ0) is 30.3. The fourth-order valence-electron chi connectivity index (χ4n) is 9.34. The van der Waals surface area contributed by atoms with Crippen LogP contribution in [-0.4, -0.2) is 17.0 Å². The fourth-order valence-corrected chi connectivity index (χ4v) is 12.2. The first-order valence-electron chi connectivity index (χ1n) is 15.8. The van der Waals surface area contributed by atoms with Crippen LogP contribution in [0.5, 0.6) is 0 Å². The lowest BCUT2D eigenvalue weighted by Crippen LogP contribution is -2.42. The average molecular weight is 642 g/mol. The van der Waals surface area contributed by atoms with Gasteiger partial charge in [-0.3, -0.25) is 4.79 Å². The van der Waals surface area contributed by atoms with Crippen molar-refractivity contribution >= 4 is 52.0 Å². The summed E-state index contributed by atoms with van der Waals surface area (Å²) in [5, 5.41) is 3.48. The summed E-state index contributed by atoms with van der Waals surface area (Å²) >= 11 is 12.5. The summed E-state index contributed by atoms with van der Waals surface area (Å²) in [6.45, 7) is 4.07. The maximum atomic E-state index is 15.1. The second-order valence-electron chi connectivity index (χ2n) is 13.2. The molecule has 3 nitrogen and oxygen atoms in total. The van der Waals surface area contributed by atoms with Crippen LogP contribution in [0.25, 0.3) is 0 Å². The molecule has 8 rings (SSSR count). The van der Waals surface area contributed by atoms with Crippen LogP contribution >= 0.6 is 30.3 Å². The van der Waals surface area contributed by atoms with Gasteiger partial charge in [0.15, 0.2) is 12.9 Å². The number of hydrogen-bond donors (Lipinski definition) is 0. The van der Waals surface area contributed by atoms with E-state index in [0.29, 0.717) is 28.3 Å². The maximum Gasteiger partial charge on any atom is 0.171 e. The van der Waals surface area contributed by atoms with Crippen LogP contribution in [0.1, 0.15) is 62.8 Å². The number of ether oxygens (including phenoxy) is 1. The second kappa shape index (κ2) is 10.4. The Kier molecular flexibility index (Phi) is 6.82. The van der Waals surface area contributed by atoms with E-state index in [1.165, 1.54) is 23.1 Å². The lowest BCUT2D eigenvalue weighted by atomic mass is 9.57. The van der Waals surface area contributed by atoms with Crippen molar-refractivity contribution in [1.29, 1.82) is 0 Å². The summed E-state index contributed by atoms with van der Waals surface area (Å²) in [6.07, 6.45) is 11.6. The third kappa shape index (κ3) is 4.19. The van der Waals surface area contributed by atoms with Gasteiger partial charge in [0.1, 0.15) is 11.2 Å². The van der Waals surface area contributed by atoms with Crippen molar-refractivity contribution in [2.75, 3.05) is 0 Å². The van der Waals surface area contributed by atoms with Crippen LogP contribution in [0.3, 0.4) is 0 Å². The van der Waals surface area contributed by atoms with E-state index in [-0.39, 0.29) is 22.9 Å². The van der Waals surface area contributed by atoms with Crippen molar-refractivity contribution in [3.63, 3.8) is 0 Å². The molecule has 1 aliphatic heterocycles. The highest BCUT2D eigenvalue weighted by Gasteiger charge is 2.78. The average Bonchev–Trinajstić information content (AvgIpc) is 3.54. The quantitative estimate of drug-likeness (QED) is 0.154. The number of allylic oxidation sites excluding steroid dienone is 4. The van der Waals surface area contributed by atoms with Crippen molar-refractivity contribution in [1.82, 2.24) is 0 Å². The van der Waals surface area contributed by atoms with Crippen molar-refractivity contribution in [3.05, 3.63) is 124 Å². The molecule has 5 atom stereocenters. The molecule has 0 radical (unpaired) electrons. The number of carbonyl (C=O) groups excluding carboxylic acids is 1. The molecule has 1 heterocycles. The van der Waals surface area contributed by atoms with E-state index < -0.39 is 7.14 Å². The molecule has 6 heteroatoms. The molecule has 44 heavy (non-hydrogen) atoms. The minimum atomic E-state index is -3.19. The van der Waals surface area contributed by atoms with Gasteiger partial charge in [-0.05, 0) is 128 Å². The van der Waals surface area contributed by atoms with Gasteiger partial charge in [-0.15, -0.1) is 6.58 Å². The number of fused-ring (bicyclic) bond motifs is 3. The first kappa shape index (κ1) is 28.8. The molecule has 224 valence electrons. The Labute approximate surface area is 269 Å². The molecule has 3 aromatic carbocycles. The topological polar surface area (TPSA) is 46.7 Å². The van der Waals surface area contributed by atoms with Gasteiger partial charge in [0, 0.05) is 38.3 Å². The van der Waals surface area contributed by atoms with Gasteiger partial charge in [0.2, 0.25) is 0 Å². The normalized spacial score (nSPS) is 30.5. The van der Waals surface area contributed by atoms with E-state index in [9.17, 15) is 4.79 Å². The summed E-state index contributed by atoms with van der Waals surface area (Å²) in [7, 11) is -3.19. The van der Waals surface area contributed by atoms with Gasteiger partial charge < -0.3 is 9.30 Å². The molecule has 1 spiro atoms. The predicted molar refractivity (Wildman–Crippen MR) is 179 cm³/mol. The van der Waals surface area contributed by atoms with E-state index in [1.807, 2.05) is 36.4 Å². The van der Waals surface area contributed by atoms with E-state index in [0.717, 1.165) is 54.4 Å². The van der Waals surface area contributed by atoms with Crippen molar-refractivity contribution in [3.8, 4) is 0 Å². The van der Waals surface area contributed by atoms with Crippen molar-refractivity contribution < 1.29 is 14.1 Å². The molecule has 0 amide bonds. The molecule has 1 saturated heterocycles. The standard InChI is InChI=1S/C38H35Cl2O3P/c1-2-20-37-21-19-35-33-17-5-25-22-28(41)10-18-32(25)36(33)34(23-38(35,37)43-37)24-3-11-29(12-4-24)44(42,30-13-6-26(39)7-14-30)31-15-8-27(40)9-16-31/h2-4,6-9,11-16,22,33-35H,1,5,10,17-21,23H2/t33-,34+,35-,37-,38+/m0/s1. The number of epoxide rings is 1. The summed E-state index contributed by atoms with van der Waals surface area (Å²) in [4.78, 5) is 12.4. The van der Waals surface area contributed by atoms with Crippen molar-refractivity contribution in [2.24, 2.45) is 11.8 Å². The van der Waals surface area contributed by atoms with Gasteiger partial charge in [-0.2, -0.15) is 0 Å². The summed E-state index contributed by atoms with van der Waals surface area (Å²) in [5.74, 6) is 1.45. The first-order valence-corrected chi connectivity index (χ1v) is 18.2. The van der Waals surface area contributed by atoms with Gasteiger partial charge in [0.05, 0.1) is 0 Å². The Morgan fingerprint density at radius 3 is 2.09 bits per heavy atom. The highest BCUT2D eigenvalue weighted by molar-refractivity contribution is 7.85. The van der Waals surface area contributed by atoms with Crippen LogP contribution in [-0.2, 0) is 14.1 Å². The molecule has 3 aromatic rings. The maximum absolute atomic E-state index is 15.1. The number of ketones is 1. The third-order valence-electron chi connectivity index (χ3n) is 11.3. The predicted octanol–water partition coefficient (Wildman–Crippen LogP) is 8.61. The number of carbonyl (C=O) groups is 1. The Bertz CT molecular complexity index is 1740. The van der Waals surface area contributed by atoms with Gasteiger partial charge in [-0.1, -0.05) is 59.1 Å². The second-order valence-corrected chi connectivity index (χ2v) is 16.9. The molecule has 2 saturated carbocycles. The molecule has 0 unspecified atom stereocenters. The molecular weight excluding hydrogens is 606 g/mol. The molecule has 4 aliphatic carbocycles. The van der Waals surface area contributed by atoms with E-state index in [4.69, 9.17) is 27.9 Å². The Balaban J connectivity index is 1.24. The first-order chi connectivity index (χ1) is 21.3. The molecular formula is C38H35Cl2O3P. The minimum absolute atomic E-state index is 0.0781. The van der Waals surface area contributed by atoms with Crippen LogP contribution in [0.4, 0.5) is 0 Å². The van der Waals surface area contributed by atoms with Crippen molar-refractivity contribution in [2.45, 2.75) is 68.5 Å². The lowest BCUT2D eigenvalue weighted by molar-refractivity contribution is -0.114. The largest absolute Gasteiger partial charge is 0.362 e. The third-order valence-corrected chi connectivity index (χ3v) is 14.8. The monoisotopic (exact) mass is 640 g/mol. The number of rotatable bonds is 6. The zero-order valence-electron chi connectivity index (χ0n) is 24.6. The van der Waals surface area contributed by atoms with Gasteiger partial charge in [-0.25, -0.2) is 0 Å². The smallest absolute Gasteiger partial charge is 0.171 e. The van der Waals surface area contributed by atoms with Gasteiger partial charge in [0.25, 0.3) is 0 Å². The van der Waals surface area contributed by atoms with Crippen LogP contribution in [0, 0.1) is 11.8 Å². The molecule has 5 aliphatic rings. The zero-order valence-corrected chi connectivity index (χ0v) is 27.0. The number of benzene rings is 3. The Hall–Kier alpha value is -2.68. The molecule has 3 fully saturated rings. The molecule has 0 bridgehead atoms. The highest BCUT2D eigenvalue weighted by Crippen LogP contribution is 2.74. The minimum Gasteiger partial charge on any atom is -0.362 e. The Morgan fingerprint density at radius 2 is 1.48 bits per heavy atom. The SMILES string of the molecule is C=CC[C@]12CC[C@H]3[C@@H]4CCC5=CC(=O)CCC5=C4[C@@H](c4ccc(P(=O)(c5ccc(Cl)cc5)c5ccc(Cl)cc5)cc4)C[C@@]31O2.